The monoisotopic (exact) mass is 207 g/mol. The van der Waals surface area contributed by atoms with Crippen LogP contribution in [-0.4, -0.2) is 6.54 Å². The standard InChI is InChI=1S/C13H18FN/c1-4-13(2,3)10-8-15-12-9(10)6-5-7-11(12)14/h5-7,10,15H,4,8H2,1-3H3. The van der Waals surface area contributed by atoms with E-state index < -0.39 is 0 Å². The lowest BCUT2D eigenvalue weighted by molar-refractivity contribution is 0.289. The molecule has 2 heteroatoms. The van der Waals surface area contributed by atoms with Crippen LogP contribution in [0.2, 0.25) is 0 Å². The summed E-state index contributed by atoms with van der Waals surface area (Å²) >= 11 is 0. The number of nitrogens with one attached hydrogen (secondary N) is 1. The third kappa shape index (κ3) is 1.62. The minimum Gasteiger partial charge on any atom is -0.382 e. The van der Waals surface area contributed by atoms with Gasteiger partial charge in [-0.05, 0) is 17.0 Å². The van der Waals surface area contributed by atoms with E-state index >= 15 is 0 Å². The number of rotatable bonds is 2. The van der Waals surface area contributed by atoms with Crippen LogP contribution in [0.1, 0.15) is 38.7 Å². The maximum Gasteiger partial charge on any atom is 0.146 e. The van der Waals surface area contributed by atoms with E-state index in [1.807, 2.05) is 6.07 Å². The molecule has 1 atom stereocenters. The van der Waals surface area contributed by atoms with Crippen molar-refractivity contribution in [2.24, 2.45) is 5.41 Å². The molecule has 1 aromatic carbocycles. The molecule has 1 nitrogen and oxygen atoms in total. The van der Waals surface area contributed by atoms with Crippen LogP contribution in [-0.2, 0) is 0 Å². The van der Waals surface area contributed by atoms with E-state index in [0.29, 0.717) is 11.6 Å². The fraction of sp³-hybridized carbons (Fsp3) is 0.538. The number of hydrogen-bond acceptors (Lipinski definition) is 1. The van der Waals surface area contributed by atoms with Crippen molar-refractivity contribution in [3.05, 3.63) is 29.6 Å². The van der Waals surface area contributed by atoms with Gasteiger partial charge in [0.05, 0.1) is 5.69 Å². The summed E-state index contributed by atoms with van der Waals surface area (Å²) in [6.45, 7) is 7.55. The lowest BCUT2D eigenvalue weighted by atomic mass is 9.74. The fourth-order valence-corrected chi connectivity index (χ4v) is 2.28. The molecule has 15 heavy (non-hydrogen) atoms. The zero-order valence-corrected chi connectivity index (χ0v) is 9.60. The average Bonchev–Trinajstić information content (AvgIpc) is 2.63. The van der Waals surface area contributed by atoms with E-state index in [1.165, 1.54) is 6.07 Å². The van der Waals surface area contributed by atoms with Crippen molar-refractivity contribution in [2.45, 2.75) is 33.1 Å². The number of anilines is 1. The first-order valence-corrected chi connectivity index (χ1v) is 5.58. The van der Waals surface area contributed by atoms with Crippen LogP contribution in [0.15, 0.2) is 18.2 Å². The molecular weight excluding hydrogens is 189 g/mol. The van der Waals surface area contributed by atoms with Crippen molar-refractivity contribution in [3.63, 3.8) is 0 Å². The molecule has 0 aromatic heterocycles. The Bertz CT molecular complexity index is 371. The van der Waals surface area contributed by atoms with Crippen molar-refractivity contribution in [3.8, 4) is 0 Å². The second-order valence-electron chi connectivity index (χ2n) is 4.98. The van der Waals surface area contributed by atoms with E-state index in [0.717, 1.165) is 18.5 Å². The Morgan fingerprint density at radius 1 is 1.47 bits per heavy atom. The summed E-state index contributed by atoms with van der Waals surface area (Å²) in [5.41, 5.74) is 2.08. The molecule has 0 radical (unpaired) electrons. The van der Waals surface area contributed by atoms with Crippen molar-refractivity contribution in [1.82, 2.24) is 0 Å². The highest BCUT2D eigenvalue weighted by Crippen LogP contribution is 2.45. The third-order valence-electron chi connectivity index (χ3n) is 3.76. The molecule has 0 bridgehead atoms. The minimum atomic E-state index is -0.123. The van der Waals surface area contributed by atoms with Gasteiger partial charge in [-0.2, -0.15) is 0 Å². The molecule has 1 unspecified atom stereocenters. The quantitative estimate of drug-likeness (QED) is 0.778. The second kappa shape index (κ2) is 3.51. The maximum atomic E-state index is 13.5. The first-order chi connectivity index (χ1) is 7.06. The summed E-state index contributed by atoms with van der Waals surface area (Å²) in [6.07, 6.45) is 1.11. The molecule has 1 N–H and O–H groups in total. The average molecular weight is 207 g/mol. The van der Waals surface area contributed by atoms with Crippen LogP contribution >= 0.6 is 0 Å². The van der Waals surface area contributed by atoms with Crippen LogP contribution < -0.4 is 5.32 Å². The first kappa shape index (κ1) is 10.5. The molecule has 0 aliphatic carbocycles. The predicted octanol–water partition coefficient (Wildman–Crippen LogP) is 3.77. The van der Waals surface area contributed by atoms with Gasteiger partial charge in [-0.15, -0.1) is 0 Å². The number of halogens is 1. The highest BCUT2D eigenvalue weighted by molar-refractivity contribution is 5.59. The molecule has 0 saturated carbocycles. The Labute approximate surface area is 90.7 Å². The van der Waals surface area contributed by atoms with Gasteiger partial charge in [0, 0.05) is 12.5 Å². The van der Waals surface area contributed by atoms with E-state index in [9.17, 15) is 4.39 Å². The third-order valence-corrected chi connectivity index (χ3v) is 3.76. The van der Waals surface area contributed by atoms with Gasteiger partial charge in [0.1, 0.15) is 5.82 Å². The van der Waals surface area contributed by atoms with Gasteiger partial charge in [-0.3, -0.25) is 0 Å². The number of para-hydroxylation sites is 1. The van der Waals surface area contributed by atoms with Gasteiger partial charge in [0.2, 0.25) is 0 Å². The molecule has 1 aliphatic heterocycles. The van der Waals surface area contributed by atoms with E-state index in [-0.39, 0.29) is 11.2 Å². The van der Waals surface area contributed by atoms with E-state index in [4.69, 9.17) is 0 Å². The molecular formula is C13H18FN. The van der Waals surface area contributed by atoms with E-state index in [2.05, 4.69) is 26.1 Å². The van der Waals surface area contributed by atoms with Gasteiger partial charge < -0.3 is 5.32 Å². The van der Waals surface area contributed by atoms with Crippen molar-refractivity contribution >= 4 is 5.69 Å². The number of hydrogen-bond donors (Lipinski definition) is 1. The Hall–Kier alpha value is -1.05. The van der Waals surface area contributed by atoms with E-state index in [1.54, 1.807) is 6.07 Å². The fourth-order valence-electron chi connectivity index (χ4n) is 2.28. The minimum absolute atomic E-state index is 0.123. The lowest BCUT2D eigenvalue weighted by Crippen LogP contribution is -2.22. The van der Waals surface area contributed by atoms with Gasteiger partial charge in [0.15, 0.2) is 0 Å². The molecule has 1 heterocycles. The van der Waals surface area contributed by atoms with Crippen LogP contribution in [0.4, 0.5) is 10.1 Å². The van der Waals surface area contributed by atoms with Crippen molar-refractivity contribution in [2.75, 3.05) is 11.9 Å². The molecule has 0 fully saturated rings. The molecule has 82 valence electrons. The Morgan fingerprint density at radius 2 is 2.20 bits per heavy atom. The summed E-state index contributed by atoms with van der Waals surface area (Å²) in [5.74, 6) is 0.301. The maximum absolute atomic E-state index is 13.5. The number of fused-ring (bicyclic) bond motifs is 1. The molecule has 1 aromatic rings. The summed E-state index contributed by atoms with van der Waals surface area (Å²) in [7, 11) is 0. The van der Waals surface area contributed by atoms with Crippen LogP contribution in [0, 0.1) is 11.2 Å². The molecule has 0 saturated heterocycles. The summed E-state index contributed by atoms with van der Waals surface area (Å²) in [6, 6.07) is 5.37. The van der Waals surface area contributed by atoms with Gasteiger partial charge in [-0.25, -0.2) is 4.39 Å². The van der Waals surface area contributed by atoms with Crippen LogP contribution in [0.5, 0.6) is 0 Å². The normalized spacial score (nSPS) is 19.9. The largest absolute Gasteiger partial charge is 0.382 e. The Balaban J connectivity index is 2.41. The molecule has 2 rings (SSSR count). The van der Waals surface area contributed by atoms with Gasteiger partial charge in [-0.1, -0.05) is 39.3 Å². The highest BCUT2D eigenvalue weighted by Gasteiger charge is 2.35. The molecule has 0 amide bonds. The SMILES string of the molecule is CCC(C)(C)C1CNc2c(F)cccc21. The van der Waals surface area contributed by atoms with Crippen molar-refractivity contribution < 1.29 is 4.39 Å². The Kier molecular flexibility index (Phi) is 2.45. The Morgan fingerprint density at radius 3 is 2.87 bits per heavy atom. The molecule has 1 aliphatic rings. The van der Waals surface area contributed by atoms with Crippen LogP contribution in [0.25, 0.3) is 0 Å². The van der Waals surface area contributed by atoms with Crippen LogP contribution in [0.3, 0.4) is 0 Å². The molecule has 0 spiro atoms. The van der Waals surface area contributed by atoms with Gasteiger partial charge >= 0.3 is 0 Å². The highest BCUT2D eigenvalue weighted by atomic mass is 19.1. The lowest BCUT2D eigenvalue weighted by Gasteiger charge is -2.30. The zero-order valence-electron chi connectivity index (χ0n) is 9.60. The predicted molar refractivity (Wildman–Crippen MR) is 61.7 cm³/mol. The topological polar surface area (TPSA) is 12.0 Å². The first-order valence-electron chi connectivity index (χ1n) is 5.58. The van der Waals surface area contributed by atoms with Gasteiger partial charge in [0.25, 0.3) is 0 Å². The van der Waals surface area contributed by atoms with Crippen molar-refractivity contribution in [1.29, 1.82) is 0 Å². The smallest absolute Gasteiger partial charge is 0.146 e. The zero-order chi connectivity index (χ0) is 11.1. The second-order valence-corrected chi connectivity index (χ2v) is 4.98. The summed E-state index contributed by atoms with van der Waals surface area (Å²) in [4.78, 5) is 0. The summed E-state index contributed by atoms with van der Waals surface area (Å²) in [5, 5.41) is 3.18. The number of benzene rings is 1. The summed E-state index contributed by atoms with van der Waals surface area (Å²) < 4.78 is 13.5.